The summed E-state index contributed by atoms with van der Waals surface area (Å²) in [5, 5.41) is 1.24. The first kappa shape index (κ1) is 15.8. The normalized spacial score (nSPS) is 20.8. The summed E-state index contributed by atoms with van der Waals surface area (Å²) in [6.45, 7) is 15.5. The van der Waals surface area contributed by atoms with Gasteiger partial charge in [0.25, 0.3) is 0 Å². The fraction of sp³-hybridized carbons (Fsp3) is 0.529. The molecule has 3 rings (SSSR count). The highest BCUT2D eigenvalue weighted by molar-refractivity contribution is 6.76. The monoisotopic (exact) mass is 315 g/mol. The minimum atomic E-state index is -1.49. The Morgan fingerprint density at radius 1 is 0.955 bits per heavy atom. The molecule has 22 heavy (non-hydrogen) atoms. The van der Waals surface area contributed by atoms with Crippen LogP contribution in [0.15, 0.2) is 30.5 Å². The van der Waals surface area contributed by atoms with E-state index in [0.717, 1.165) is 5.46 Å². The van der Waals surface area contributed by atoms with Crippen molar-refractivity contribution < 1.29 is 9.31 Å². The lowest BCUT2D eigenvalue weighted by Gasteiger charge is -2.32. The number of para-hydroxylation sites is 1. The third-order valence-corrected chi connectivity index (χ3v) is 6.79. The van der Waals surface area contributed by atoms with E-state index in [1.54, 1.807) is 0 Å². The summed E-state index contributed by atoms with van der Waals surface area (Å²) in [7, 11) is -1.79. The van der Waals surface area contributed by atoms with Gasteiger partial charge in [-0.25, -0.2) is 0 Å². The molecule has 0 N–H and O–H groups in total. The van der Waals surface area contributed by atoms with Gasteiger partial charge in [-0.15, -0.1) is 0 Å². The van der Waals surface area contributed by atoms with Gasteiger partial charge in [-0.2, -0.15) is 0 Å². The Labute approximate surface area is 134 Å². The molecule has 5 heteroatoms. The molecule has 0 radical (unpaired) electrons. The molecule has 1 aliphatic heterocycles. The standard InChI is InChI=1S/C17H26BNO2Si/c1-16(2)17(3,4)21-18(20-16)14-12-19(22(5,6)7)15-11-9-8-10-13(14)15/h8-12H,1-7H3. The molecule has 0 aliphatic carbocycles. The van der Waals surface area contributed by atoms with Gasteiger partial charge < -0.3 is 13.5 Å². The van der Waals surface area contributed by atoms with E-state index in [2.05, 4.69) is 82.0 Å². The highest BCUT2D eigenvalue weighted by atomic mass is 28.3. The maximum Gasteiger partial charge on any atom is 0.497 e. The van der Waals surface area contributed by atoms with Gasteiger partial charge in [0.1, 0.15) is 0 Å². The molecule has 2 aromatic rings. The van der Waals surface area contributed by atoms with Crippen molar-refractivity contribution >= 4 is 31.7 Å². The Hall–Kier alpha value is -1.04. The molecular weight excluding hydrogens is 289 g/mol. The molecule has 2 heterocycles. The van der Waals surface area contributed by atoms with Crippen LogP contribution in [0.5, 0.6) is 0 Å². The van der Waals surface area contributed by atoms with Gasteiger partial charge in [-0.3, -0.25) is 0 Å². The van der Waals surface area contributed by atoms with Crippen LogP contribution in [0.2, 0.25) is 19.6 Å². The molecule has 3 nitrogen and oxygen atoms in total. The summed E-state index contributed by atoms with van der Waals surface area (Å²) in [6.07, 6.45) is 2.25. The van der Waals surface area contributed by atoms with E-state index in [9.17, 15) is 0 Å². The maximum atomic E-state index is 6.26. The molecule has 0 unspecified atom stereocenters. The Balaban J connectivity index is 2.14. The van der Waals surface area contributed by atoms with Crippen molar-refractivity contribution in [2.45, 2.75) is 58.5 Å². The number of nitrogens with zero attached hydrogens (tertiary/aromatic N) is 1. The molecule has 1 aromatic heterocycles. The zero-order chi connectivity index (χ0) is 16.3. The molecule has 0 amide bonds. The molecule has 118 valence electrons. The zero-order valence-corrected chi connectivity index (χ0v) is 15.7. The van der Waals surface area contributed by atoms with Crippen molar-refractivity contribution in [1.82, 2.24) is 4.23 Å². The van der Waals surface area contributed by atoms with Gasteiger partial charge >= 0.3 is 7.12 Å². The molecular formula is C17H26BNO2Si. The average Bonchev–Trinajstić information content (AvgIpc) is 2.85. The van der Waals surface area contributed by atoms with Crippen molar-refractivity contribution in [3.8, 4) is 0 Å². The van der Waals surface area contributed by atoms with E-state index in [1.165, 1.54) is 10.9 Å². The van der Waals surface area contributed by atoms with Crippen molar-refractivity contribution in [3.63, 3.8) is 0 Å². The van der Waals surface area contributed by atoms with E-state index in [1.807, 2.05) is 0 Å². The molecule has 0 atom stereocenters. The Morgan fingerprint density at radius 3 is 2.05 bits per heavy atom. The Bertz CT molecular complexity index is 699. The molecule has 1 aliphatic rings. The number of rotatable bonds is 2. The van der Waals surface area contributed by atoms with E-state index < -0.39 is 8.24 Å². The Kier molecular flexibility index (Phi) is 3.40. The first-order chi connectivity index (χ1) is 10.0. The maximum absolute atomic E-state index is 6.26. The third kappa shape index (κ3) is 2.36. The average molecular weight is 315 g/mol. The number of fused-ring (bicyclic) bond motifs is 1. The topological polar surface area (TPSA) is 23.4 Å². The smallest absolute Gasteiger partial charge is 0.399 e. The fourth-order valence-corrected chi connectivity index (χ4v) is 4.36. The molecule has 1 aromatic carbocycles. The lowest BCUT2D eigenvalue weighted by Crippen LogP contribution is -2.41. The molecule has 1 saturated heterocycles. The minimum absolute atomic E-state index is 0.299. The summed E-state index contributed by atoms with van der Waals surface area (Å²) in [4.78, 5) is 0. The predicted octanol–water partition coefficient (Wildman–Crippen LogP) is 3.62. The molecule has 0 bridgehead atoms. The van der Waals surface area contributed by atoms with E-state index in [4.69, 9.17) is 9.31 Å². The fourth-order valence-electron chi connectivity index (χ4n) is 2.92. The number of hydrogen-bond donors (Lipinski definition) is 0. The van der Waals surface area contributed by atoms with Crippen molar-refractivity contribution in [3.05, 3.63) is 30.5 Å². The van der Waals surface area contributed by atoms with Crippen LogP contribution in [0.4, 0.5) is 0 Å². The van der Waals surface area contributed by atoms with Gasteiger partial charge in [0.2, 0.25) is 0 Å². The van der Waals surface area contributed by atoms with E-state index in [-0.39, 0.29) is 18.3 Å². The van der Waals surface area contributed by atoms with Gasteiger partial charge in [-0.05, 0) is 45.3 Å². The number of aromatic nitrogens is 1. The van der Waals surface area contributed by atoms with Crippen molar-refractivity contribution in [1.29, 1.82) is 0 Å². The second-order valence-electron chi connectivity index (χ2n) is 8.23. The van der Waals surface area contributed by atoms with Crippen LogP contribution >= 0.6 is 0 Å². The molecule has 0 saturated carbocycles. The van der Waals surface area contributed by atoms with Crippen LogP contribution in [0, 0.1) is 0 Å². The van der Waals surface area contributed by atoms with Crippen molar-refractivity contribution in [2.75, 3.05) is 0 Å². The van der Waals surface area contributed by atoms with E-state index in [0.29, 0.717) is 0 Å². The summed E-state index contributed by atoms with van der Waals surface area (Å²) in [5.74, 6) is 0. The highest BCUT2D eigenvalue weighted by Gasteiger charge is 2.52. The second-order valence-corrected chi connectivity index (χ2v) is 13.1. The zero-order valence-electron chi connectivity index (χ0n) is 14.7. The van der Waals surface area contributed by atoms with Gasteiger partial charge in [-0.1, -0.05) is 37.8 Å². The van der Waals surface area contributed by atoms with Crippen LogP contribution < -0.4 is 5.46 Å². The molecule has 0 spiro atoms. The quantitative estimate of drug-likeness (QED) is 0.790. The summed E-state index contributed by atoms with van der Waals surface area (Å²) in [6, 6.07) is 8.56. The van der Waals surface area contributed by atoms with Crippen LogP contribution in [-0.2, 0) is 9.31 Å². The lowest BCUT2D eigenvalue weighted by molar-refractivity contribution is 0.00578. The lowest BCUT2D eigenvalue weighted by atomic mass is 9.79. The Morgan fingerprint density at radius 2 is 1.50 bits per heavy atom. The van der Waals surface area contributed by atoms with Crippen molar-refractivity contribution in [2.24, 2.45) is 0 Å². The highest BCUT2D eigenvalue weighted by Crippen LogP contribution is 2.37. The number of hydrogen-bond acceptors (Lipinski definition) is 2. The van der Waals surface area contributed by atoms with Crippen LogP contribution in [0.1, 0.15) is 27.7 Å². The van der Waals surface area contributed by atoms with E-state index >= 15 is 0 Å². The SMILES string of the molecule is CC1(C)OB(c2cn([Si](C)(C)C)c3ccccc23)OC1(C)C. The summed E-state index contributed by atoms with van der Waals surface area (Å²) < 4.78 is 15.0. The first-order valence-electron chi connectivity index (χ1n) is 7.99. The van der Waals surface area contributed by atoms with Gasteiger partial charge in [0.05, 0.1) is 11.2 Å². The second kappa shape index (κ2) is 4.73. The summed E-state index contributed by atoms with van der Waals surface area (Å²) >= 11 is 0. The van der Waals surface area contributed by atoms with Gasteiger partial charge in [0, 0.05) is 11.0 Å². The number of benzene rings is 1. The van der Waals surface area contributed by atoms with Crippen LogP contribution in [0.3, 0.4) is 0 Å². The third-order valence-electron chi connectivity index (χ3n) is 4.97. The minimum Gasteiger partial charge on any atom is -0.399 e. The van der Waals surface area contributed by atoms with Crippen LogP contribution in [-0.4, -0.2) is 30.8 Å². The van der Waals surface area contributed by atoms with Crippen LogP contribution in [0.25, 0.3) is 10.9 Å². The van der Waals surface area contributed by atoms with Gasteiger partial charge in [0.15, 0.2) is 8.24 Å². The molecule has 1 fully saturated rings. The first-order valence-corrected chi connectivity index (χ1v) is 11.4. The predicted molar refractivity (Wildman–Crippen MR) is 96.4 cm³/mol. The largest absolute Gasteiger partial charge is 0.497 e. The summed E-state index contributed by atoms with van der Waals surface area (Å²) in [5.41, 5.74) is 1.82.